The van der Waals surface area contributed by atoms with Crippen molar-refractivity contribution in [2.24, 2.45) is 5.92 Å². The van der Waals surface area contributed by atoms with Gasteiger partial charge < -0.3 is 10.6 Å². The minimum atomic E-state index is 0.262. The van der Waals surface area contributed by atoms with E-state index in [2.05, 4.69) is 17.6 Å². The smallest absolute Gasteiger partial charge is 0.220 e. The van der Waals surface area contributed by atoms with Gasteiger partial charge in [0.15, 0.2) is 0 Å². The summed E-state index contributed by atoms with van der Waals surface area (Å²) in [6.45, 7) is 3.44. The zero-order valence-corrected chi connectivity index (χ0v) is 11.0. The van der Waals surface area contributed by atoms with Crippen molar-refractivity contribution in [1.29, 1.82) is 0 Å². The van der Waals surface area contributed by atoms with Gasteiger partial charge in [0.05, 0.1) is 0 Å². The third kappa shape index (κ3) is 4.30. The Morgan fingerprint density at radius 1 is 1.24 bits per heavy atom. The molecule has 3 heteroatoms. The zero-order chi connectivity index (χ0) is 12.1. The molecule has 2 N–H and O–H groups in total. The van der Waals surface area contributed by atoms with Crippen molar-refractivity contribution in [3.63, 3.8) is 0 Å². The maximum atomic E-state index is 11.8. The molecule has 2 fully saturated rings. The van der Waals surface area contributed by atoms with E-state index in [9.17, 15) is 4.79 Å². The quantitative estimate of drug-likeness (QED) is 0.788. The zero-order valence-electron chi connectivity index (χ0n) is 11.0. The summed E-state index contributed by atoms with van der Waals surface area (Å²) in [5.74, 6) is 1.11. The van der Waals surface area contributed by atoms with E-state index in [0.29, 0.717) is 18.5 Å². The lowest BCUT2D eigenvalue weighted by atomic mass is 9.87. The van der Waals surface area contributed by atoms with Gasteiger partial charge in [0, 0.05) is 18.5 Å². The van der Waals surface area contributed by atoms with Gasteiger partial charge in [-0.1, -0.05) is 6.92 Å². The summed E-state index contributed by atoms with van der Waals surface area (Å²) in [5, 5.41) is 6.64. The van der Waals surface area contributed by atoms with Crippen molar-refractivity contribution in [2.45, 2.75) is 70.4 Å². The second kappa shape index (κ2) is 6.39. The fourth-order valence-electron chi connectivity index (χ4n) is 3.01. The van der Waals surface area contributed by atoms with Crippen molar-refractivity contribution in [2.75, 3.05) is 6.54 Å². The third-order valence-corrected chi connectivity index (χ3v) is 4.26. The van der Waals surface area contributed by atoms with Crippen LogP contribution in [0.15, 0.2) is 0 Å². The highest BCUT2D eigenvalue weighted by Crippen LogP contribution is 2.23. The van der Waals surface area contributed by atoms with Crippen molar-refractivity contribution < 1.29 is 4.79 Å². The molecule has 1 heterocycles. The molecule has 2 aliphatic rings. The molecule has 1 saturated carbocycles. The van der Waals surface area contributed by atoms with Crippen LogP contribution in [0, 0.1) is 5.92 Å². The van der Waals surface area contributed by atoms with E-state index in [1.165, 1.54) is 38.5 Å². The minimum absolute atomic E-state index is 0.262. The standard InChI is InChI=1S/C14H26N2O/c1-11-4-6-13(7-5-11)16-14(17)9-8-12-3-2-10-15-12/h11-13,15H,2-10H2,1H3,(H,16,17). The number of carbonyl (C=O) groups excluding carboxylic acids is 1. The highest BCUT2D eigenvalue weighted by atomic mass is 16.1. The van der Waals surface area contributed by atoms with Gasteiger partial charge in [0.25, 0.3) is 0 Å². The van der Waals surface area contributed by atoms with Crippen LogP contribution in [0.4, 0.5) is 0 Å². The van der Waals surface area contributed by atoms with Crippen LogP contribution in [0.5, 0.6) is 0 Å². The molecule has 0 spiro atoms. The lowest BCUT2D eigenvalue weighted by molar-refractivity contribution is -0.122. The molecule has 2 rings (SSSR count). The lowest BCUT2D eigenvalue weighted by Gasteiger charge is -2.27. The first-order valence-electron chi connectivity index (χ1n) is 7.27. The molecular weight excluding hydrogens is 212 g/mol. The number of amides is 1. The number of rotatable bonds is 4. The van der Waals surface area contributed by atoms with Gasteiger partial charge in [0.2, 0.25) is 5.91 Å². The summed E-state index contributed by atoms with van der Waals surface area (Å²) in [4.78, 5) is 11.8. The molecule has 0 aromatic carbocycles. The van der Waals surface area contributed by atoms with Gasteiger partial charge in [-0.05, 0) is 57.4 Å². The molecule has 1 aliphatic heterocycles. The van der Waals surface area contributed by atoms with Gasteiger partial charge >= 0.3 is 0 Å². The van der Waals surface area contributed by atoms with Crippen molar-refractivity contribution >= 4 is 5.91 Å². The topological polar surface area (TPSA) is 41.1 Å². The van der Waals surface area contributed by atoms with E-state index in [1.54, 1.807) is 0 Å². The summed E-state index contributed by atoms with van der Waals surface area (Å²) in [5.41, 5.74) is 0. The Labute approximate surface area is 105 Å². The maximum Gasteiger partial charge on any atom is 0.220 e. The van der Waals surface area contributed by atoms with E-state index in [1.807, 2.05) is 0 Å². The van der Waals surface area contributed by atoms with E-state index in [0.717, 1.165) is 18.9 Å². The van der Waals surface area contributed by atoms with Crippen LogP contribution in [-0.2, 0) is 4.79 Å². The molecule has 1 unspecified atom stereocenters. The van der Waals surface area contributed by atoms with Crippen LogP contribution in [0.1, 0.15) is 58.3 Å². The van der Waals surface area contributed by atoms with E-state index < -0.39 is 0 Å². The van der Waals surface area contributed by atoms with Crippen molar-refractivity contribution in [1.82, 2.24) is 10.6 Å². The van der Waals surface area contributed by atoms with Crippen LogP contribution < -0.4 is 10.6 Å². The lowest BCUT2D eigenvalue weighted by Crippen LogP contribution is -2.37. The van der Waals surface area contributed by atoms with Crippen LogP contribution in [0.25, 0.3) is 0 Å². The maximum absolute atomic E-state index is 11.8. The summed E-state index contributed by atoms with van der Waals surface area (Å²) in [6, 6.07) is 1.04. The largest absolute Gasteiger partial charge is 0.353 e. The Kier molecular flexibility index (Phi) is 4.84. The Bertz CT molecular complexity index is 241. The molecule has 0 bridgehead atoms. The normalized spacial score (nSPS) is 33.6. The average molecular weight is 238 g/mol. The Hall–Kier alpha value is -0.570. The number of carbonyl (C=O) groups is 1. The highest BCUT2D eigenvalue weighted by Gasteiger charge is 2.20. The molecule has 1 saturated heterocycles. The van der Waals surface area contributed by atoms with E-state index in [-0.39, 0.29) is 5.91 Å². The molecular formula is C14H26N2O. The molecule has 1 amide bonds. The van der Waals surface area contributed by atoms with E-state index >= 15 is 0 Å². The fraction of sp³-hybridized carbons (Fsp3) is 0.929. The summed E-state index contributed by atoms with van der Waals surface area (Å²) < 4.78 is 0. The molecule has 0 aromatic rings. The number of hydrogen-bond acceptors (Lipinski definition) is 2. The molecule has 1 aliphatic carbocycles. The van der Waals surface area contributed by atoms with E-state index in [4.69, 9.17) is 0 Å². The second-order valence-corrected chi connectivity index (χ2v) is 5.86. The molecule has 1 atom stereocenters. The SMILES string of the molecule is CC1CCC(NC(=O)CCC2CCCN2)CC1. The molecule has 0 aromatic heterocycles. The van der Waals surface area contributed by atoms with Gasteiger partial charge in [0.1, 0.15) is 0 Å². The number of hydrogen-bond donors (Lipinski definition) is 2. The summed E-state index contributed by atoms with van der Waals surface area (Å²) in [7, 11) is 0. The fourth-order valence-corrected chi connectivity index (χ4v) is 3.01. The van der Waals surface area contributed by atoms with Gasteiger partial charge in [-0.25, -0.2) is 0 Å². The van der Waals surface area contributed by atoms with Crippen molar-refractivity contribution in [3.05, 3.63) is 0 Å². The van der Waals surface area contributed by atoms with Crippen LogP contribution in [0.3, 0.4) is 0 Å². The summed E-state index contributed by atoms with van der Waals surface area (Å²) >= 11 is 0. The molecule has 0 radical (unpaired) electrons. The first kappa shape index (κ1) is 12.9. The Balaban J connectivity index is 1.60. The predicted octanol–water partition coefficient (Wildman–Crippen LogP) is 2.21. The molecule has 17 heavy (non-hydrogen) atoms. The predicted molar refractivity (Wildman–Crippen MR) is 69.8 cm³/mol. The van der Waals surface area contributed by atoms with Crippen LogP contribution in [-0.4, -0.2) is 24.5 Å². The van der Waals surface area contributed by atoms with Gasteiger partial charge in [-0.15, -0.1) is 0 Å². The Morgan fingerprint density at radius 3 is 2.65 bits per heavy atom. The monoisotopic (exact) mass is 238 g/mol. The summed E-state index contributed by atoms with van der Waals surface area (Å²) in [6.07, 6.45) is 9.12. The van der Waals surface area contributed by atoms with Crippen molar-refractivity contribution in [3.8, 4) is 0 Å². The first-order chi connectivity index (χ1) is 8.24. The molecule has 98 valence electrons. The third-order valence-electron chi connectivity index (χ3n) is 4.26. The highest BCUT2D eigenvalue weighted by molar-refractivity contribution is 5.76. The van der Waals surface area contributed by atoms with Crippen LogP contribution in [0.2, 0.25) is 0 Å². The minimum Gasteiger partial charge on any atom is -0.353 e. The molecule has 3 nitrogen and oxygen atoms in total. The van der Waals surface area contributed by atoms with Gasteiger partial charge in [-0.2, -0.15) is 0 Å². The first-order valence-corrected chi connectivity index (χ1v) is 7.27. The number of nitrogens with one attached hydrogen (secondary N) is 2. The average Bonchev–Trinajstić information content (AvgIpc) is 2.83. The Morgan fingerprint density at radius 2 is 2.00 bits per heavy atom. The van der Waals surface area contributed by atoms with Crippen LogP contribution >= 0.6 is 0 Å². The second-order valence-electron chi connectivity index (χ2n) is 5.86. The van der Waals surface area contributed by atoms with Gasteiger partial charge in [-0.3, -0.25) is 4.79 Å².